The molecule has 3 amide bonds. The lowest BCUT2D eigenvalue weighted by atomic mass is 10.0. The number of nitrogens with one attached hydrogen (secondary N) is 3. The molecular formula is C16H31N5O5S. The molecule has 0 saturated heterocycles. The van der Waals surface area contributed by atoms with Crippen molar-refractivity contribution in [3.63, 3.8) is 0 Å². The summed E-state index contributed by atoms with van der Waals surface area (Å²) in [4.78, 5) is 47.6. The van der Waals surface area contributed by atoms with Crippen LogP contribution >= 0.6 is 12.6 Å². The van der Waals surface area contributed by atoms with Crippen molar-refractivity contribution >= 4 is 36.3 Å². The Balaban J connectivity index is 5.13. The molecule has 11 heteroatoms. The van der Waals surface area contributed by atoms with Gasteiger partial charge in [0.15, 0.2) is 0 Å². The monoisotopic (exact) mass is 405 g/mol. The Kier molecular flexibility index (Phi) is 12.4. The van der Waals surface area contributed by atoms with Gasteiger partial charge in [0.2, 0.25) is 17.7 Å². The third kappa shape index (κ3) is 9.59. The van der Waals surface area contributed by atoms with E-state index in [1.165, 1.54) is 0 Å². The van der Waals surface area contributed by atoms with E-state index in [1.807, 2.05) is 0 Å². The fourth-order valence-electron chi connectivity index (χ4n) is 2.25. The maximum absolute atomic E-state index is 12.6. The summed E-state index contributed by atoms with van der Waals surface area (Å²) in [6.07, 6.45) is 1.63. The maximum atomic E-state index is 12.6. The van der Waals surface area contributed by atoms with Crippen LogP contribution in [0.4, 0.5) is 0 Å². The maximum Gasteiger partial charge on any atom is 0.327 e. The predicted molar refractivity (Wildman–Crippen MR) is 104 cm³/mol. The number of thiol groups is 1. The number of amides is 3. The Bertz CT molecular complexity index is 517. The Morgan fingerprint density at radius 3 is 2.04 bits per heavy atom. The van der Waals surface area contributed by atoms with Crippen molar-refractivity contribution in [1.29, 1.82) is 0 Å². The first kappa shape index (κ1) is 25.1. The molecule has 0 aliphatic carbocycles. The molecular weight excluding hydrogens is 374 g/mol. The Morgan fingerprint density at radius 2 is 1.59 bits per heavy atom. The number of hydrogen-bond donors (Lipinski definition) is 7. The van der Waals surface area contributed by atoms with E-state index in [1.54, 1.807) is 13.8 Å². The molecule has 0 aromatic heterocycles. The van der Waals surface area contributed by atoms with E-state index in [0.717, 1.165) is 0 Å². The molecule has 0 bridgehead atoms. The molecule has 3 atom stereocenters. The summed E-state index contributed by atoms with van der Waals surface area (Å²) < 4.78 is 0. The number of hydrogen-bond acceptors (Lipinski definition) is 7. The molecule has 0 spiro atoms. The van der Waals surface area contributed by atoms with E-state index < -0.39 is 41.8 Å². The Labute approximate surface area is 164 Å². The molecule has 8 N–H and O–H groups in total. The van der Waals surface area contributed by atoms with Gasteiger partial charge in [0, 0.05) is 5.75 Å². The van der Waals surface area contributed by atoms with Crippen LogP contribution in [0.3, 0.4) is 0 Å². The number of unbranched alkanes of at least 4 members (excludes halogenated alkanes) is 1. The minimum atomic E-state index is -1.22. The third-order valence-corrected chi connectivity index (χ3v) is 4.19. The smallest absolute Gasteiger partial charge is 0.327 e. The second-order valence-corrected chi connectivity index (χ2v) is 6.79. The molecule has 0 aromatic rings. The normalized spacial score (nSPS) is 14.1. The largest absolute Gasteiger partial charge is 0.480 e. The van der Waals surface area contributed by atoms with Crippen molar-refractivity contribution in [3.8, 4) is 0 Å². The first-order valence-electron chi connectivity index (χ1n) is 8.81. The second kappa shape index (κ2) is 13.3. The van der Waals surface area contributed by atoms with Crippen molar-refractivity contribution in [3.05, 3.63) is 0 Å². The highest BCUT2D eigenvalue weighted by Crippen LogP contribution is 2.06. The predicted octanol–water partition coefficient (Wildman–Crippen LogP) is -1.80. The number of carbonyl (C=O) groups excluding carboxylic acids is 3. The van der Waals surface area contributed by atoms with Gasteiger partial charge in [0.25, 0.3) is 0 Å². The standard InChI is InChI=1S/C16H31N5O5S/c1-9(2)13(15(24)20-11(8-27)16(25)26)21-14(23)10(5-3-4-6-17)19-12(22)7-18/h9-11,13,27H,3-8,17-18H2,1-2H3,(H,19,22)(H,20,24)(H,21,23)(H,25,26). The molecule has 156 valence electrons. The van der Waals surface area contributed by atoms with Gasteiger partial charge in [0.05, 0.1) is 6.54 Å². The van der Waals surface area contributed by atoms with Crippen LogP contribution in [0.25, 0.3) is 0 Å². The summed E-state index contributed by atoms with van der Waals surface area (Å²) in [5.74, 6) is -3.28. The van der Waals surface area contributed by atoms with E-state index in [-0.39, 0.29) is 18.2 Å². The molecule has 0 aliphatic heterocycles. The van der Waals surface area contributed by atoms with Gasteiger partial charge in [-0.05, 0) is 31.7 Å². The molecule has 10 nitrogen and oxygen atoms in total. The summed E-state index contributed by atoms with van der Waals surface area (Å²) in [6, 6.07) is -3.00. The van der Waals surface area contributed by atoms with Crippen molar-refractivity contribution in [2.24, 2.45) is 17.4 Å². The van der Waals surface area contributed by atoms with E-state index in [0.29, 0.717) is 25.8 Å². The van der Waals surface area contributed by atoms with Gasteiger partial charge in [-0.15, -0.1) is 0 Å². The average molecular weight is 406 g/mol. The second-order valence-electron chi connectivity index (χ2n) is 6.42. The third-order valence-electron chi connectivity index (χ3n) is 3.83. The Morgan fingerprint density at radius 1 is 0.963 bits per heavy atom. The van der Waals surface area contributed by atoms with Gasteiger partial charge in [-0.25, -0.2) is 4.79 Å². The fourth-order valence-corrected chi connectivity index (χ4v) is 2.50. The SMILES string of the molecule is CC(C)C(NC(=O)C(CCCCN)NC(=O)CN)C(=O)NC(CS)C(=O)O. The molecule has 0 fully saturated rings. The fraction of sp³-hybridized carbons (Fsp3) is 0.750. The van der Waals surface area contributed by atoms with Crippen LogP contribution in [0.15, 0.2) is 0 Å². The molecule has 27 heavy (non-hydrogen) atoms. The Hall–Kier alpha value is -1.85. The summed E-state index contributed by atoms with van der Waals surface area (Å²) in [5, 5.41) is 16.5. The topological polar surface area (TPSA) is 177 Å². The van der Waals surface area contributed by atoms with Gasteiger partial charge < -0.3 is 32.5 Å². The van der Waals surface area contributed by atoms with E-state index in [4.69, 9.17) is 16.6 Å². The number of rotatable bonds is 13. The van der Waals surface area contributed by atoms with Gasteiger partial charge in [-0.2, -0.15) is 12.6 Å². The van der Waals surface area contributed by atoms with Crippen LogP contribution in [-0.4, -0.2) is 65.8 Å². The van der Waals surface area contributed by atoms with Gasteiger partial charge >= 0.3 is 5.97 Å². The van der Waals surface area contributed by atoms with Gasteiger partial charge in [-0.3, -0.25) is 14.4 Å². The highest BCUT2D eigenvalue weighted by atomic mass is 32.1. The molecule has 0 heterocycles. The van der Waals surface area contributed by atoms with Crippen LogP contribution in [0.5, 0.6) is 0 Å². The van der Waals surface area contributed by atoms with Crippen molar-refractivity contribution < 1.29 is 24.3 Å². The average Bonchev–Trinajstić information content (AvgIpc) is 2.62. The number of nitrogens with two attached hydrogens (primary N) is 2. The van der Waals surface area contributed by atoms with Gasteiger partial charge in [-0.1, -0.05) is 13.8 Å². The first-order valence-corrected chi connectivity index (χ1v) is 9.45. The van der Waals surface area contributed by atoms with Crippen LogP contribution < -0.4 is 27.4 Å². The molecule has 0 radical (unpaired) electrons. The molecule has 3 unspecified atom stereocenters. The minimum absolute atomic E-state index is 0.0892. The van der Waals surface area contributed by atoms with Crippen molar-refractivity contribution in [2.75, 3.05) is 18.8 Å². The lowest BCUT2D eigenvalue weighted by Crippen LogP contribution is -2.58. The zero-order chi connectivity index (χ0) is 21.0. The van der Waals surface area contributed by atoms with E-state index in [2.05, 4.69) is 28.6 Å². The zero-order valence-electron chi connectivity index (χ0n) is 15.7. The lowest BCUT2D eigenvalue weighted by molar-refractivity contribution is -0.142. The van der Waals surface area contributed by atoms with Crippen molar-refractivity contribution in [1.82, 2.24) is 16.0 Å². The quantitative estimate of drug-likeness (QED) is 0.140. The van der Waals surface area contributed by atoms with Gasteiger partial charge in [0.1, 0.15) is 18.1 Å². The molecule has 0 aromatic carbocycles. The lowest BCUT2D eigenvalue weighted by Gasteiger charge is -2.26. The highest BCUT2D eigenvalue weighted by molar-refractivity contribution is 7.80. The summed E-state index contributed by atoms with van der Waals surface area (Å²) in [5.41, 5.74) is 10.7. The number of carbonyl (C=O) groups is 4. The first-order chi connectivity index (χ1) is 12.7. The summed E-state index contributed by atoms with van der Waals surface area (Å²) in [6.45, 7) is 3.61. The molecule has 0 rings (SSSR count). The molecule has 0 saturated carbocycles. The van der Waals surface area contributed by atoms with Crippen molar-refractivity contribution in [2.45, 2.75) is 51.2 Å². The van der Waals surface area contributed by atoms with Crippen LogP contribution in [0, 0.1) is 5.92 Å². The zero-order valence-corrected chi connectivity index (χ0v) is 16.6. The number of carboxylic acid groups (broad SMARTS) is 1. The number of carboxylic acids is 1. The summed E-state index contributed by atoms with van der Waals surface area (Å²) in [7, 11) is 0. The summed E-state index contributed by atoms with van der Waals surface area (Å²) >= 11 is 3.90. The van der Waals surface area contributed by atoms with Crippen LogP contribution in [0.2, 0.25) is 0 Å². The highest BCUT2D eigenvalue weighted by Gasteiger charge is 2.30. The molecule has 0 aliphatic rings. The van der Waals surface area contributed by atoms with Crippen LogP contribution in [-0.2, 0) is 19.2 Å². The minimum Gasteiger partial charge on any atom is -0.480 e. The van der Waals surface area contributed by atoms with Crippen LogP contribution in [0.1, 0.15) is 33.1 Å². The number of aliphatic carboxylic acids is 1. The van der Waals surface area contributed by atoms with E-state index in [9.17, 15) is 19.2 Å². The van der Waals surface area contributed by atoms with E-state index >= 15 is 0 Å².